The predicted molar refractivity (Wildman–Crippen MR) is 85.6 cm³/mol. The van der Waals surface area contributed by atoms with Crippen LogP contribution in [0.5, 0.6) is 11.5 Å². The van der Waals surface area contributed by atoms with E-state index in [0.29, 0.717) is 18.0 Å². The van der Waals surface area contributed by atoms with Gasteiger partial charge in [-0.3, -0.25) is 4.79 Å². The molecular weight excluding hydrogens is 278 g/mol. The van der Waals surface area contributed by atoms with Crippen LogP contribution in [0.3, 0.4) is 0 Å². The van der Waals surface area contributed by atoms with E-state index in [9.17, 15) is 4.79 Å². The van der Waals surface area contributed by atoms with Crippen LogP contribution in [0.15, 0.2) is 48.5 Å². The molecule has 3 rings (SSSR count). The maximum atomic E-state index is 12.8. The van der Waals surface area contributed by atoms with Gasteiger partial charge in [-0.2, -0.15) is 0 Å². The molecule has 1 amide bonds. The molecule has 1 heterocycles. The van der Waals surface area contributed by atoms with Crippen molar-refractivity contribution in [2.45, 2.75) is 20.0 Å². The molecule has 0 fully saturated rings. The van der Waals surface area contributed by atoms with Gasteiger partial charge in [0.2, 0.25) is 6.10 Å². The lowest BCUT2D eigenvalue weighted by atomic mass is 10.2. The minimum atomic E-state index is -0.615. The number of hydrogen-bond donors (Lipinski definition) is 0. The van der Waals surface area contributed by atoms with Gasteiger partial charge >= 0.3 is 0 Å². The number of likely N-dealkylation sites (N-methyl/N-ethyl adjacent to an activating group) is 1. The number of aryl methyl sites for hydroxylation is 1. The molecule has 0 spiro atoms. The first kappa shape index (κ1) is 14.4. The quantitative estimate of drug-likeness (QED) is 0.873. The van der Waals surface area contributed by atoms with Gasteiger partial charge in [0.1, 0.15) is 6.61 Å². The summed E-state index contributed by atoms with van der Waals surface area (Å²) in [6.07, 6.45) is -0.615. The number of carbonyl (C=O) groups excluding carboxylic acids is 1. The average molecular weight is 297 g/mol. The Morgan fingerprint density at radius 1 is 1.18 bits per heavy atom. The van der Waals surface area contributed by atoms with E-state index in [1.807, 2.05) is 62.4 Å². The fourth-order valence-electron chi connectivity index (χ4n) is 2.58. The highest BCUT2D eigenvalue weighted by Gasteiger charge is 2.31. The summed E-state index contributed by atoms with van der Waals surface area (Å²) in [5.41, 5.74) is 2.00. The third-order valence-corrected chi connectivity index (χ3v) is 3.68. The van der Waals surface area contributed by atoms with Gasteiger partial charge in [0.15, 0.2) is 11.5 Å². The lowest BCUT2D eigenvalue weighted by Crippen LogP contribution is -2.46. The van der Waals surface area contributed by atoms with Gasteiger partial charge in [-0.25, -0.2) is 0 Å². The molecule has 0 saturated carbocycles. The molecule has 114 valence electrons. The van der Waals surface area contributed by atoms with Crippen LogP contribution in [-0.4, -0.2) is 25.2 Å². The highest BCUT2D eigenvalue weighted by molar-refractivity contribution is 5.97. The zero-order valence-electron chi connectivity index (χ0n) is 12.8. The number of fused-ring (bicyclic) bond motifs is 1. The molecule has 22 heavy (non-hydrogen) atoms. The van der Waals surface area contributed by atoms with Gasteiger partial charge in [-0.1, -0.05) is 24.3 Å². The number of hydrogen-bond acceptors (Lipinski definition) is 3. The molecule has 0 aromatic heterocycles. The van der Waals surface area contributed by atoms with E-state index in [0.717, 1.165) is 11.3 Å². The van der Waals surface area contributed by atoms with Crippen LogP contribution in [0.2, 0.25) is 0 Å². The highest BCUT2D eigenvalue weighted by Crippen LogP contribution is 2.31. The van der Waals surface area contributed by atoms with Crippen molar-refractivity contribution in [3.63, 3.8) is 0 Å². The number of anilines is 1. The van der Waals surface area contributed by atoms with Crippen LogP contribution in [0, 0.1) is 6.92 Å². The zero-order valence-corrected chi connectivity index (χ0v) is 12.8. The van der Waals surface area contributed by atoms with E-state index in [2.05, 4.69) is 0 Å². The summed E-state index contributed by atoms with van der Waals surface area (Å²) in [6.45, 7) is 4.79. The zero-order chi connectivity index (χ0) is 15.5. The Labute approximate surface area is 130 Å². The van der Waals surface area contributed by atoms with Crippen LogP contribution >= 0.6 is 0 Å². The smallest absolute Gasteiger partial charge is 0.271 e. The number of ether oxygens (including phenoxy) is 2. The minimum Gasteiger partial charge on any atom is -0.485 e. The first-order valence-electron chi connectivity index (χ1n) is 7.45. The molecule has 0 aliphatic carbocycles. The van der Waals surface area contributed by atoms with Crippen molar-refractivity contribution in [3.05, 3.63) is 54.1 Å². The van der Waals surface area contributed by atoms with Crippen LogP contribution < -0.4 is 14.4 Å². The van der Waals surface area contributed by atoms with Gasteiger partial charge in [0, 0.05) is 12.2 Å². The van der Waals surface area contributed by atoms with E-state index in [1.165, 1.54) is 0 Å². The summed E-state index contributed by atoms with van der Waals surface area (Å²) in [4.78, 5) is 14.5. The maximum Gasteiger partial charge on any atom is 0.271 e. The summed E-state index contributed by atoms with van der Waals surface area (Å²) in [5.74, 6) is 1.22. The van der Waals surface area contributed by atoms with Crippen molar-refractivity contribution >= 4 is 11.6 Å². The van der Waals surface area contributed by atoms with Gasteiger partial charge in [-0.15, -0.1) is 0 Å². The SMILES string of the molecule is CCN(C(=O)C1COc2ccccc2O1)c1cccc(C)c1. The van der Waals surface area contributed by atoms with E-state index in [4.69, 9.17) is 9.47 Å². The molecule has 4 nitrogen and oxygen atoms in total. The number of benzene rings is 2. The Bertz CT molecular complexity index is 684. The highest BCUT2D eigenvalue weighted by atomic mass is 16.6. The number of para-hydroxylation sites is 2. The Hall–Kier alpha value is -2.49. The van der Waals surface area contributed by atoms with Crippen molar-refractivity contribution in [1.82, 2.24) is 0 Å². The molecular formula is C18H19NO3. The minimum absolute atomic E-state index is 0.0809. The molecule has 0 radical (unpaired) electrons. The monoisotopic (exact) mass is 297 g/mol. The lowest BCUT2D eigenvalue weighted by Gasteiger charge is -2.30. The number of carbonyl (C=O) groups is 1. The predicted octanol–water partition coefficient (Wildman–Crippen LogP) is 3.19. The maximum absolute atomic E-state index is 12.8. The molecule has 1 atom stereocenters. The standard InChI is InChI=1S/C18H19NO3/c1-3-19(14-8-6-7-13(2)11-14)18(20)17-12-21-15-9-4-5-10-16(15)22-17/h4-11,17H,3,12H2,1-2H3. The second-order valence-electron chi connectivity index (χ2n) is 5.29. The summed E-state index contributed by atoms with van der Waals surface area (Å²) in [5, 5.41) is 0. The molecule has 1 unspecified atom stereocenters. The summed E-state index contributed by atoms with van der Waals surface area (Å²) < 4.78 is 11.5. The fraction of sp³-hybridized carbons (Fsp3) is 0.278. The van der Waals surface area contributed by atoms with Crippen molar-refractivity contribution in [2.24, 2.45) is 0 Å². The molecule has 4 heteroatoms. The van der Waals surface area contributed by atoms with Crippen molar-refractivity contribution in [2.75, 3.05) is 18.1 Å². The molecule has 2 aromatic carbocycles. The van der Waals surface area contributed by atoms with Gasteiger partial charge in [0.25, 0.3) is 5.91 Å². The largest absolute Gasteiger partial charge is 0.485 e. The Morgan fingerprint density at radius 2 is 1.95 bits per heavy atom. The molecule has 0 N–H and O–H groups in total. The molecule has 2 aromatic rings. The number of amides is 1. The van der Waals surface area contributed by atoms with Crippen molar-refractivity contribution in [3.8, 4) is 11.5 Å². The second kappa shape index (κ2) is 6.10. The van der Waals surface area contributed by atoms with E-state index in [1.54, 1.807) is 4.90 Å². The van der Waals surface area contributed by atoms with Crippen molar-refractivity contribution < 1.29 is 14.3 Å². The number of rotatable bonds is 3. The summed E-state index contributed by atoms with van der Waals surface area (Å²) in [6, 6.07) is 15.3. The van der Waals surface area contributed by atoms with Gasteiger partial charge < -0.3 is 14.4 Å². The Balaban J connectivity index is 1.81. The Kier molecular flexibility index (Phi) is 4.00. The molecule has 0 bridgehead atoms. The summed E-state index contributed by atoms with van der Waals surface area (Å²) in [7, 11) is 0. The first-order chi connectivity index (χ1) is 10.7. The number of nitrogens with zero attached hydrogens (tertiary/aromatic N) is 1. The first-order valence-corrected chi connectivity index (χ1v) is 7.45. The normalized spacial score (nSPS) is 16.2. The van der Waals surface area contributed by atoms with Crippen LogP contribution in [-0.2, 0) is 4.79 Å². The second-order valence-corrected chi connectivity index (χ2v) is 5.29. The van der Waals surface area contributed by atoms with Gasteiger partial charge in [-0.05, 0) is 43.7 Å². The molecule has 1 aliphatic rings. The average Bonchev–Trinajstić information content (AvgIpc) is 2.55. The topological polar surface area (TPSA) is 38.8 Å². The molecule has 0 saturated heterocycles. The summed E-state index contributed by atoms with van der Waals surface area (Å²) >= 11 is 0. The fourth-order valence-corrected chi connectivity index (χ4v) is 2.58. The van der Waals surface area contributed by atoms with Crippen LogP contribution in [0.25, 0.3) is 0 Å². The van der Waals surface area contributed by atoms with E-state index in [-0.39, 0.29) is 12.5 Å². The van der Waals surface area contributed by atoms with Crippen LogP contribution in [0.4, 0.5) is 5.69 Å². The lowest BCUT2D eigenvalue weighted by molar-refractivity contribution is -0.127. The van der Waals surface area contributed by atoms with E-state index < -0.39 is 6.10 Å². The molecule has 1 aliphatic heterocycles. The van der Waals surface area contributed by atoms with Gasteiger partial charge in [0.05, 0.1) is 0 Å². The van der Waals surface area contributed by atoms with Crippen LogP contribution in [0.1, 0.15) is 12.5 Å². The van der Waals surface area contributed by atoms with Crippen molar-refractivity contribution in [1.29, 1.82) is 0 Å². The van der Waals surface area contributed by atoms with E-state index >= 15 is 0 Å². The third kappa shape index (κ3) is 2.77. The third-order valence-electron chi connectivity index (χ3n) is 3.68. The Morgan fingerprint density at radius 3 is 2.68 bits per heavy atom.